The molecular formula is C21H54N4O5Si2. The van der Waals surface area contributed by atoms with E-state index in [0.717, 1.165) is 64.3 Å². The van der Waals surface area contributed by atoms with Crippen molar-refractivity contribution in [3.05, 3.63) is 0 Å². The van der Waals surface area contributed by atoms with Gasteiger partial charge < -0.3 is 44.2 Å². The Morgan fingerprint density at radius 1 is 0.562 bits per heavy atom. The first-order valence-electron chi connectivity index (χ1n) is 12.4. The Morgan fingerprint density at radius 3 is 1.28 bits per heavy atom. The van der Waals surface area contributed by atoms with Crippen LogP contribution in [0.15, 0.2) is 0 Å². The van der Waals surface area contributed by atoms with Crippen LogP contribution in [0.5, 0.6) is 0 Å². The first-order chi connectivity index (χ1) is 15.4. The number of nitrogens with one attached hydrogen (secondary N) is 2. The van der Waals surface area contributed by atoms with E-state index in [0.29, 0.717) is 32.9 Å². The van der Waals surface area contributed by atoms with Crippen molar-refractivity contribution in [2.24, 2.45) is 11.5 Å². The molecule has 0 aliphatic carbocycles. The van der Waals surface area contributed by atoms with E-state index in [1.165, 1.54) is 0 Å². The molecular weight excluding hydrogens is 444 g/mol. The van der Waals surface area contributed by atoms with E-state index < -0.39 is 17.4 Å². The summed E-state index contributed by atoms with van der Waals surface area (Å²) in [6, 6.07) is 1.91. The maximum absolute atomic E-state index is 5.76. The average Bonchev–Trinajstić information content (AvgIpc) is 2.75. The summed E-state index contributed by atoms with van der Waals surface area (Å²) in [5.41, 5.74) is 10.8. The summed E-state index contributed by atoms with van der Waals surface area (Å²) < 4.78 is 28.8. The molecule has 0 rings (SSSR count). The maximum atomic E-state index is 5.76. The molecule has 0 aliphatic heterocycles. The molecule has 0 fully saturated rings. The van der Waals surface area contributed by atoms with Gasteiger partial charge in [-0.2, -0.15) is 0 Å². The Hall–Kier alpha value is 0.0738. The third-order valence-corrected chi connectivity index (χ3v) is 10.7. The maximum Gasteiger partial charge on any atom is 0.500 e. The van der Waals surface area contributed by atoms with E-state index >= 15 is 0 Å². The van der Waals surface area contributed by atoms with Crippen LogP contribution in [0, 0.1) is 0 Å². The molecule has 0 aromatic carbocycles. The lowest BCUT2D eigenvalue weighted by molar-refractivity contribution is 0.0708. The predicted molar refractivity (Wildman–Crippen MR) is 138 cm³/mol. The van der Waals surface area contributed by atoms with Crippen molar-refractivity contribution in [1.82, 2.24) is 10.6 Å². The van der Waals surface area contributed by atoms with Crippen LogP contribution in [0.25, 0.3) is 0 Å². The molecule has 0 aromatic rings. The Morgan fingerprint density at radius 2 is 0.938 bits per heavy atom. The van der Waals surface area contributed by atoms with Crippen molar-refractivity contribution >= 4 is 17.4 Å². The van der Waals surface area contributed by atoms with Crippen LogP contribution in [-0.4, -0.2) is 89.7 Å². The summed E-state index contributed by atoms with van der Waals surface area (Å²) in [6.07, 6.45) is 2.09. The van der Waals surface area contributed by atoms with Crippen LogP contribution < -0.4 is 22.1 Å². The fraction of sp³-hybridized carbons (Fsp3) is 1.00. The van der Waals surface area contributed by atoms with Crippen LogP contribution in [0.3, 0.4) is 0 Å². The number of nitrogens with two attached hydrogens (primary N) is 2. The minimum Gasteiger partial charge on any atom is -0.395 e. The fourth-order valence-corrected chi connectivity index (χ4v) is 8.24. The Bertz CT molecular complexity index is 365. The lowest BCUT2D eigenvalue weighted by Crippen LogP contribution is -2.46. The number of hydrogen-bond acceptors (Lipinski definition) is 9. The molecule has 0 heterocycles. The second-order valence-electron chi connectivity index (χ2n) is 7.27. The first kappa shape index (κ1) is 34.2. The van der Waals surface area contributed by atoms with Crippen molar-refractivity contribution in [2.45, 2.75) is 66.1 Å². The van der Waals surface area contributed by atoms with Crippen LogP contribution >= 0.6 is 0 Å². The van der Waals surface area contributed by atoms with Crippen LogP contribution in [-0.2, 0) is 22.1 Å². The van der Waals surface area contributed by atoms with Gasteiger partial charge in [0.15, 0.2) is 0 Å². The molecule has 0 aliphatic rings. The molecule has 196 valence electrons. The zero-order valence-corrected chi connectivity index (χ0v) is 23.8. The van der Waals surface area contributed by atoms with E-state index in [9.17, 15) is 0 Å². The molecule has 0 bridgehead atoms. The molecule has 0 unspecified atom stereocenters. The van der Waals surface area contributed by atoms with Gasteiger partial charge in [0.25, 0.3) is 0 Å². The van der Waals surface area contributed by atoms with Gasteiger partial charge in [-0.25, -0.2) is 0 Å². The van der Waals surface area contributed by atoms with Crippen LogP contribution in [0.1, 0.15) is 47.5 Å². The fourth-order valence-electron chi connectivity index (χ4n) is 3.22. The average molecular weight is 499 g/mol. The smallest absolute Gasteiger partial charge is 0.395 e. The van der Waals surface area contributed by atoms with Crippen molar-refractivity contribution in [3.63, 3.8) is 0 Å². The monoisotopic (exact) mass is 498 g/mol. The SMILES string of the molecule is CCO[Si](C)(CCCNCCN)OCC.CCO[Si](CCCNCCN)(OCC)OCC. The zero-order chi connectivity index (χ0) is 24.6. The third kappa shape index (κ3) is 19.5. The molecule has 0 spiro atoms. The molecule has 0 saturated heterocycles. The highest BCUT2D eigenvalue weighted by Crippen LogP contribution is 2.17. The summed E-state index contributed by atoms with van der Waals surface area (Å²) >= 11 is 0. The Balaban J connectivity index is 0. The molecule has 0 aromatic heterocycles. The Labute approximate surface area is 200 Å². The largest absolute Gasteiger partial charge is 0.500 e. The zero-order valence-electron chi connectivity index (χ0n) is 21.8. The van der Waals surface area contributed by atoms with Crippen LogP contribution in [0.4, 0.5) is 0 Å². The van der Waals surface area contributed by atoms with Gasteiger partial charge in [-0.1, -0.05) is 0 Å². The van der Waals surface area contributed by atoms with Gasteiger partial charge in [0.05, 0.1) is 0 Å². The van der Waals surface area contributed by atoms with Gasteiger partial charge in [0, 0.05) is 65.3 Å². The molecule has 0 radical (unpaired) electrons. The van der Waals surface area contributed by atoms with E-state index in [1.54, 1.807) is 0 Å². The second-order valence-corrected chi connectivity index (χ2v) is 13.3. The molecule has 9 nitrogen and oxygen atoms in total. The predicted octanol–water partition coefficient (Wildman–Crippen LogP) is 2.04. The summed E-state index contributed by atoms with van der Waals surface area (Å²) in [6.45, 7) is 20.6. The van der Waals surface area contributed by atoms with E-state index in [4.69, 9.17) is 33.6 Å². The lowest BCUT2D eigenvalue weighted by Gasteiger charge is -2.28. The molecule has 0 saturated carbocycles. The third-order valence-electron chi connectivity index (χ3n) is 4.46. The molecule has 0 amide bonds. The first-order valence-corrected chi connectivity index (χ1v) is 16.9. The molecule has 11 heteroatoms. The van der Waals surface area contributed by atoms with Gasteiger partial charge in [-0.3, -0.25) is 0 Å². The van der Waals surface area contributed by atoms with E-state index in [1.807, 2.05) is 34.6 Å². The van der Waals surface area contributed by atoms with Crippen molar-refractivity contribution in [1.29, 1.82) is 0 Å². The highest BCUT2D eigenvalue weighted by molar-refractivity contribution is 6.66. The minimum absolute atomic E-state index is 0.641. The minimum atomic E-state index is -2.43. The number of rotatable bonds is 22. The summed E-state index contributed by atoms with van der Waals surface area (Å²) in [5, 5.41) is 6.54. The topological polar surface area (TPSA) is 122 Å². The molecule has 6 N–H and O–H groups in total. The van der Waals surface area contributed by atoms with E-state index in [-0.39, 0.29) is 0 Å². The van der Waals surface area contributed by atoms with Crippen molar-refractivity contribution < 1.29 is 22.1 Å². The quantitative estimate of drug-likeness (QED) is 0.131. The number of hydrogen-bond donors (Lipinski definition) is 4. The Kier molecular flexibility index (Phi) is 25.9. The summed E-state index contributed by atoms with van der Waals surface area (Å²) in [4.78, 5) is 0. The van der Waals surface area contributed by atoms with Crippen molar-refractivity contribution in [3.8, 4) is 0 Å². The molecule has 32 heavy (non-hydrogen) atoms. The summed E-state index contributed by atoms with van der Waals surface area (Å²) in [7, 11) is -4.31. The van der Waals surface area contributed by atoms with Gasteiger partial charge in [0.2, 0.25) is 0 Å². The van der Waals surface area contributed by atoms with Crippen LogP contribution in [0.2, 0.25) is 18.6 Å². The van der Waals surface area contributed by atoms with E-state index in [2.05, 4.69) is 17.2 Å². The normalized spacial score (nSPS) is 12.0. The highest BCUT2D eigenvalue weighted by atomic mass is 28.4. The van der Waals surface area contributed by atoms with Gasteiger partial charge in [0.1, 0.15) is 0 Å². The second kappa shape index (κ2) is 24.2. The van der Waals surface area contributed by atoms with Crippen molar-refractivity contribution in [2.75, 3.05) is 72.3 Å². The molecule has 0 atom stereocenters. The standard InChI is InChI=1S/C11H28N2O3Si.C10H26N2O2Si/c1-4-14-17(15-5-2,16-6-3)11-7-9-13-10-8-12;1-4-13-15(3,14-5-2)10-6-8-12-9-7-11/h13H,4-12H2,1-3H3;12H,4-11H2,1-3H3. The van der Waals surface area contributed by atoms with Gasteiger partial charge >= 0.3 is 17.4 Å². The summed E-state index contributed by atoms with van der Waals surface area (Å²) in [5.74, 6) is 0. The lowest BCUT2D eigenvalue weighted by atomic mass is 10.5. The highest BCUT2D eigenvalue weighted by Gasteiger charge is 2.39. The van der Waals surface area contributed by atoms with Gasteiger partial charge in [-0.05, 0) is 73.1 Å². The van der Waals surface area contributed by atoms with Gasteiger partial charge in [-0.15, -0.1) is 0 Å².